The van der Waals surface area contributed by atoms with Gasteiger partial charge in [-0.1, -0.05) is 19.9 Å². The SMILES string of the molecule is CCOc1cc(CCCNC(=NC)NCC(C)CN2CCN(CC)CC2)ccc1OC.I. The Kier molecular flexibility index (Phi) is 14.7. The summed E-state index contributed by atoms with van der Waals surface area (Å²) in [5, 5.41) is 6.92. The molecule has 1 aliphatic heterocycles. The van der Waals surface area contributed by atoms with E-state index in [1.165, 1.54) is 38.3 Å². The van der Waals surface area contributed by atoms with Crippen LogP contribution in [0.4, 0.5) is 0 Å². The smallest absolute Gasteiger partial charge is 0.190 e. The van der Waals surface area contributed by atoms with Crippen molar-refractivity contribution in [1.29, 1.82) is 0 Å². The van der Waals surface area contributed by atoms with Crippen LogP contribution < -0.4 is 20.1 Å². The van der Waals surface area contributed by atoms with Gasteiger partial charge in [0.15, 0.2) is 17.5 Å². The van der Waals surface area contributed by atoms with Crippen molar-refractivity contribution in [1.82, 2.24) is 20.4 Å². The molecule has 1 aromatic rings. The third kappa shape index (κ3) is 10.1. The van der Waals surface area contributed by atoms with E-state index in [4.69, 9.17) is 9.47 Å². The predicted octanol–water partition coefficient (Wildman–Crippen LogP) is 3.08. The molecular formula is C24H44IN5O2. The maximum atomic E-state index is 5.67. The zero-order valence-corrected chi connectivity index (χ0v) is 23.0. The van der Waals surface area contributed by atoms with Crippen molar-refractivity contribution in [3.8, 4) is 11.5 Å². The Labute approximate surface area is 212 Å². The Balaban J connectivity index is 0.00000512. The molecule has 1 heterocycles. The van der Waals surface area contributed by atoms with Crippen LogP contribution in [0.1, 0.15) is 32.8 Å². The van der Waals surface area contributed by atoms with Crippen molar-refractivity contribution in [2.45, 2.75) is 33.6 Å². The first-order chi connectivity index (χ1) is 15.1. The van der Waals surface area contributed by atoms with E-state index in [9.17, 15) is 0 Å². The lowest BCUT2D eigenvalue weighted by atomic mass is 10.1. The van der Waals surface area contributed by atoms with Crippen LogP contribution in [0.2, 0.25) is 0 Å². The lowest BCUT2D eigenvalue weighted by Gasteiger charge is -2.35. The summed E-state index contributed by atoms with van der Waals surface area (Å²) in [5.74, 6) is 3.07. The molecule has 1 unspecified atom stereocenters. The van der Waals surface area contributed by atoms with Gasteiger partial charge in [0.1, 0.15) is 0 Å². The molecule has 32 heavy (non-hydrogen) atoms. The number of benzene rings is 1. The highest BCUT2D eigenvalue weighted by Gasteiger charge is 2.17. The van der Waals surface area contributed by atoms with Gasteiger partial charge in [0, 0.05) is 52.9 Å². The fraction of sp³-hybridized carbons (Fsp3) is 0.708. The Morgan fingerprint density at radius 3 is 2.44 bits per heavy atom. The van der Waals surface area contributed by atoms with Crippen LogP contribution >= 0.6 is 24.0 Å². The molecule has 1 saturated heterocycles. The van der Waals surface area contributed by atoms with Crippen LogP contribution in [0, 0.1) is 5.92 Å². The van der Waals surface area contributed by atoms with E-state index in [0.717, 1.165) is 49.9 Å². The van der Waals surface area contributed by atoms with Gasteiger partial charge in [-0.25, -0.2) is 0 Å². The monoisotopic (exact) mass is 561 g/mol. The first-order valence-corrected chi connectivity index (χ1v) is 11.8. The molecule has 0 spiro atoms. The summed E-state index contributed by atoms with van der Waals surface area (Å²) in [6, 6.07) is 6.17. The van der Waals surface area contributed by atoms with E-state index < -0.39 is 0 Å². The number of nitrogens with one attached hydrogen (secondary N) is 2. The number of nitrogens with zero attached hydrogens (tertiary/aromatic N) is 3. The van der Waals surface area contributed by atoms with Crippen LogP contribution in [0.3, 0.4) is 0 Å². The number of guanidine groups is 1. The van der Waals surface area contributed by atoms with Crippen LogP contribution in [-0.4, -0.2) is 88.9 Å². The van der Waals surface area contributed by atoms with Crippen LogP contribution in [0.25, 0.3) is 0 Å². The Bertz CT molecular complexity index is 666. The highest BCUT2D eigenvalue weighted by Crippen LogP contribution is 2.28. The van der Waals surface area contributed by atoms with E-state index in [2.05, 4.69) is 51.4 Å². The average molecular weight is 562 g/mol. The van der Waals surface area contributed by atoms with E-state index in [1.54, 1.807) is 7.11 Å². The number of piperazine rings is 1. The highest BCUT2D eigenvalue weighted by atomic mass is 127. The van der Waals surface area contributed by atoms with E-state index >= 15 is 0 Å². The third-order valence-corrected chi connectivity index (χ3v) is 5.79. The third-order valence-electron chi connectivity index (χ3n) is 5.79. The van der Waals surface area contributed by atoms with E-state index in [0.29, 0.717) is 12.5 Å². The molecule has 0 aromatic heterocycles. The number of halogens is 1. The zero-order valence-electron chi connectivity index (χ0n) is 20.7. The van der Waals surface area contributed by atoms with Gasteiger partial charge in [-0.05, 0) is 49.9 Å². The van der Waals surface area contributed by atoms with Crippen molar-refractivity contribution in [3.05, 3.63) is 23.8 Å². The number of ether oxygens (including phenoxy) is 2. The molecule has 8 heteroatoms. The minimum Gasteiger partial charge on any atom is -0.493 e. The molecule has 0 amide bonds. The summed E-state index contributed by atoms with van der Waals surface area (Å²) in [6.07, 6.45) is 2.00. The number of aryl methyl sites for hydroxylation is 1. The second kappa shape index (κ2) is 16.4. The quantitative estimate of drug-likeness (QED) is 0.177. The number of hydrogen-bond donors (Lipinski definition) is 2. The zero-order chi connectivity index (χ0) is 22.5. The number of aliphatic imine (C=N–C) groups is 1. The fourth-order valence-corrected chi connectivity index (χ4v) is 3.93. The molecule has 0 bridgehead atoms. The molecule has 184 valence electrons. The first kappa shape index (κ1) is 28.8. The van der Waals surface area contributed by atoms with Crippen molar-refractivity contribution < 1.29 is 9.47 Å². The number of methoxy groups -OCH3 is 1. The number of likely N-dealkylation sites (N-methyl/N-ethyl adjacent to an activating group) is 1. The summed E-state index contributed by atoms with van der Waals surface area (Å²) in [7, 11) is 3.51. The van der Waals surface area contributed by atoms with Gasteiger partial charge in [0.2, 0.25) is 0 Å². The van der Waals surface area contributed by atoms with Crippen LogP contribution in [0.5, 0.6) is 11.5 Å². The normalized spacial score (nSPS) is 16.2. The molecular weight excluding hydrogens is 517 g/mol. The van der Waals surface area contributed by atoms with E-state index in [-0.39, 0.29) is 24.0 Å². The van der Waals surface area contributed by atoms with Gasteiger partial charge >= 0.3 is 0 Å². The molecule has 1 atom stereocenters. The summed E-state index contributed by atoms with van der Waals surface area (Å²) in [4.78, 5) is 9.48. The van der Waals surface area contributed by atoms with Crippen molar-refractivity contribution >= 4 is 29.9 Å². The van der Waals surface area contributed by atoms with Crippen LogP contribution in [-0.2, 0) is 6.42 Å². The lowest BCUT2D eigenvalue weighted by molar-refractivity contribution is 0.124. The maximum absolute atomic E-state index is 5.67. The topological polar surface area (TPSA) is 61.4 Å². The lowest BCUT2D eigenvalue weighted by Crippen LogP contribution is -2.48. The number of hydrogen-bond acceptors (Lipinski definition) is 5. The minimum atomic E-state index is 0. The summed E-state index contributed by atoms with van der Waals surface area (Å²) in [5.41, 5.74) is 1.26. The maximum Gasteiger partial charge on any atom is 0.190 e. The molecule has 7 nitrogen and oxygen atoms in total. The van der Waals surface area contributed by atoms with Crippen molar-refractivity contribution in [2.75, 3.05) is 73.1 Å². The standard InChI is InChI=1S/C24H43N5O2.HI/c1-6-28-13-15-29(16-14-28)19-20(3)18-27-24(25-4)26-12-8-9-21-10-11-22(30-5)23(17-21)31-7-2;/h10-11,17,20H,6-9,12-16,18-19H2,1-5H3,(H2,25,26,27);1H. The predicted molar refractivity (Wildman–Crippen MR) is 145 cm³/mol. The largest absolute Gasteiger partial charge is 0.493 e. The Morgan fingerprint density at radius 1 is 1.09 bits per heavy atom. The Hall–Kier alpha value is -1.26. The van der Waals surface area contributed by atoms with Gasteiger partial charge < -0.3 is 29.9 Å². The van der Waals surface area contributed by atoms with Crippen molar-refractivity contribution in [2.24, 2.45) is 10.9 Å². The fourth-order valence-electron chi connectivity index (χ4n) is 3.93. The second-order valence-electron chi connectivity index (χ2n) is 8.24. The summed E-state index contributed by atoms with van der Waals surface area (Å²) in [6.45, 7) is 16.1. The van der Waals surface area contributed by atoms with Gasteiger partial charge in [-0.2, -0.15) is 0 Å². The molecule has 1 aromatic carbocycles. The summed E-state index contributed by atoms with van der Waals surface area (Å²) < 4.78 is 11.0. The molecule has 2 rings (SSSR count). The van der Waals surface area contributed by atoms with Gasteiger partial charge in [-0.3, -0.25) is 4.99 Å². The minimum absolute atomic E-state index is 0. The van der Waals surface area contributed by atoms with Gasteiger partial charge in [0.05, 0.1) is 13.7 Å². The molecule has 0 saturated carbocycles. The van der Waals surface area contributed by atoms with Gasteiger partial charge in [-0.15, -0.1) is 24.0 Å². The highest BCUT2D eigenvalue weighted by molar-refractivity contribution is 14.0. The average Bonchev–Trinajstić information content (AvgIpc) is 2.79. The van der Waals surface area contributed by atoms with E-state index in [1.807, 2.05) is 20.0 Å². The first-order valence-electron chi connectivity index (χ1n) is 11.8. The Morgan fingerprint density at radius 2 is 1.81 bits per heavy atom. The van der Waals surface area contributed by atoms with Gasteiger partial charge in [0.25, 0.3) is 0 Å². The van der Waals surface area contributed by atoms with Crippen molar-refractivity contribution in [3.63, 3.8) is 0 Å². The molecule has 1 fully saturated rings. The van der Waals surface area contributed by atoms with Crippen LogP contribution in [0.15, 0.2) is 23.2 Å². The molecule has 0 aliphatic carbocycles. The molecule has 0 radical (unpaired) electrons. The molecule has 2 N–H and O–H groups in total. The summed E-state index contributed by atoms with van der Waals surface area (Å²) >= 11 is 0. The number of rotatable bonds is 12. The second-order valence-corrected chi connectivity index (χ2v) is 8.24. The molecule has 1 aliphatic rings.